The second kappa shape index (κ2) is 4.62. The standard InChI is InChI=1S/C11H20N2/c1-8-4-5-9(2)11(8)13-10(3)6-7-12/h8-11,13H,4-6H2,1-3H3. The molecule has 1 aliphatic carbocycles. The van der Waals surface area contributed by atoms with Gasteiger partial charge in [-0.15, -0.1) is 0 Å². The van der Waals surface area contributed by atoms with Crippen LogP contribution in [0.1, 0.15) is 40.0 Å². The third-order valence-corrected chi connectivity index (χ3v) is 3.18. The van der Waals surface area contributed by atoms with Gasteiger partial charge in [-0.2, -0.15) is 5.26 Å². The zero-order valence-corrected chi connectivity index (χ0v) is 8.88. The average molecular weight is 180 g/mol. The quantitative estimate of drug-likeness (QED) is 0.723. The molecule has 1 rings (SSSR count). The Hall–Kier alpha value is -0.550. The zero-order valence-electron chi connectivity index (χ0n) is 8.88. The Labute approximate surface area is 81.3 Å². The highest BCUT2D eigenvalue weighted by atomic mass is 15.0. The van der Waals surface area contributed by atoms with E-state index >= 15 is 0 Å². The number of hydrogen-bond acceptors (Lipinski definition) is 2. The Morgan fingerprint density at radius 1 is 1.38 bits per heavy atom. The van der Waals surface area contributed by atoms with Crippen LogP contribution in [0.3, 0.4) is 0 Å². The lowest BCUT2D eigenvalue weighted by molar-refractivity contribution is 0.334. The molecule has 0 heterocycles. The molecule has 1 saturated carbocycles. The van der Waals surface area contributed by atoms with Crippen LogP contribution in [0, 0.1) is 23.2 Å². The normalized spacial score (nSPS) is 35.7. The summed E-state index contributed by atoms with van der Waals surface area (Å²) in [5.74, 6) is 1.55. The summed E-state index contributed by atoms with van der Waals surface area (Å²) in [6, 6.07) is 3.18. The zero-order chi connectivity index (χ0) is 9.84. The highest BCUT2D eigenvalue weighted by molar-refractivity contribution is 4.89. The fourth-order valence-electron chi connectivity index (χ4n) is 2.30. The maximum atomic E-state index is 8.55. The van der Waals surface area contributed by atoms with Gasteiger partial charge in [-0.25, -0.2) is 0 Å². The predicted molar refractivity (Wildman–Crippen MR) is 54.2 cm³/mol. The first kappa shape index (κ1) is 10.5. The lowest BCUT2D eigenvalue weighted by Gasteiger charge is -2.24. The van der Waals surface area contributed by atoms with Gasteiger partial charge in [0, 0.05) is 12.1 Å². The number of rotatable bonds is 3. The lowest BCUT2D eigenvalue weighted by atomic mass is 9.99. The Morgan fingerprint density at radius 3 is 2.38 bits per heavy atom. The first-order valence-electron chi connectivity index (χ1n) is 5.28. The largest absolute Gasteiger partial charge is 0.310 e. The number of hydrogen-bond donors (Lipinski definition) is 1. The van der Waals surface area contributed by atoms with Crippen molar-refractivity contribution in [2.75, 3.05) is 0 Å². The molecular formula is C11H20N2. The second-order valence-electron chi connectivity index (χ2n) is 4.49. The maximum Gasteiger partial charge on any atom is 0.0638 e. The minimum absolute atomic E-state index is 0.345. The summed E-state index contributed by atoms with van der Waals surface area (Å²) in [7, 11) is 0. The van der Waals surface area contributed by atoms with Crippen LogP contribution in [0.15, 0.2) is 0 Å². The summed E-state index contributed by atoms with van der Waals surface area (Å²) in [6.45, 7) is 6.71. The summed E-state index contributed by atoms with van der Waals surface area (Å²) < 4.78 is 0. The molecule has 13 heavy (non-hydrogen) atoms. The highest BCUT2D eigenvalue weighted by Crippen LogP contribution is 2.30. The van der Waals surface area contributed by atoms with Crippen molar-refractivity contribution in [2.45, 2.75) is 52.1 Å². The smallest absolute Gasteiger partial charge is 0.0638 e. The molecule has 0 radical (unpaired) electrons. The summed E-state index contributed by atoms with van der Waals surface area (Å²) in [5, 5.41) is 12.1. The predicted octanol–water partition coefficient (Wildman–Crippen LogP) is 2.31. The van der Waals surface area contributed by atoms with Crippen LogP contribution in [0.25, 0.3) is 0 Å². The Morgan fingerprint density at radius 2 is 1.92 bits per heavy atom. The second-order valence-corrected chi connectivity index (χ2v) is 4.49. The van der Waals surface area contributed by atoms with Crippen molar-refractivity contribution in [3.8, 4) is 6.07 Å². The molecule has 0 aliphatic heterocycles. The molecule has 1 N–H and O–H groups in total. The van der Waals surface area contributed by atoms with Crippen LogP contribution in [-0.4, -0.2) is 12.1 Å². The van der Waals surface area contributed by atoms with Crippen LogP contribution in [0.4, 0.5) is 0 Å². The Bertz CT molecular complexity index is 185. The van der Waals surface area contributed by atoms with Gasteiger partial charge in [0.05, 0.1) is 12.5 Å². The van der Waals surface area contributed by atoms with E-state index in [0.29, 0.717) is 18.5 Å². The molecule has 1 fully saturated rings. The third-order valence-electron chi connectivity index (χ3n) is 3.18. The van der Waals surface area contributed by atoms with Crippen LogP contribution >= 0.6 is 0 Å². The minimum Gasteiger partial charge on any atom is -0.310 e. The van der Waals surface area contributed by atoms with Crippen LogP contribution in [0.5, 0.6) is 0 Å². The van der Waals surface area contributed by atoms with E-state index in [0.717, 1.165) is 11.8 Å². The van der Waals surface area contributed by atoms with Gasteiger partial charge in [-0.1, -0.05) is 13.8 Å². The topological polar surface area (TPSA) is 35.8 Å². The molecule has 0 aromatic heterocycles. The van der Waals surface area contributed by atoms with Gasteiger partial charge in [-0.3, -0.25) is 0 Å². The van der Waals surface area contributed by atoms with Gasteiger partial charge in [0.1, 0.15) is 0 Å². The van der Waals surface area contributed by atoms with Gasteiger partial charge < -0.3 is 5.32 Å². The number of nitrogens with zero attached hydrogens (tertiary/aromatic N) is 1. The molecule has 2 nitrogen and oxygen atoms in total. The summed E-state index contributed by atoms with van der Waals surface area (Å²) in [4.78, 5) is 0. The van der Waals surface area contributed by atoms with Crippen molar-refractivity contribution in [1.82, 2.24) is 5.32 Å². The number of nitrogens with one attached hydrogen (secondary N) is 1. The highest BCUT2D eigenvalue weighted by Gasteiger charge is 2.30. The van der Waals surface area contributed by atoms with Gasteiger partial charge >= 0.3 is 0 Å². The van der Waals surface area contributed by atoms with Crippen LogP contribution < -0.4 is 5.32 Å². The first-order chi connectivity index (χ1) is 6.15. The van der Waals surface area contributed by atoms with E-state index in [1.54, 1.807) is 0 Å². The molecular weight excluding hydrogens is 160 g/mol. The summed E-state index contributed by atoms with van der Waals surface area (Å²) in [6.07, 6.45) is 3.28. The SMILES string of the molecule is CC(CC#N)NC1C(C)CCC1C. The molecule has 74 valence electrons. The van der Waals surface area contributed by atoms with E-state index in [9.17, 15) is 0 Å². The molecule has 0 aromatic rings. The van der Waals surface area contributed by atoms with E-state index in [-0.39, 0.29) is 0 Å². The van der Waals surface area contributed by atoms with Gasteiger partial charge in [-0.05, 0) is 31.6 Å². The van der Waals surface area contributed by atoms with Gasteiger partial charge in [0.2, 0.25) is 0 Å². The van der Waals surface area contributed by atoms with E-state index in [1.807, 2.05) is 0 Å². The molecule has 0 amide bonds. The number of nitriles is 1. The van der Waals surface area contributed by atoms with Crippen molar-refractivity contribution in [1.29, 1.82) is 5.26 Å². The summed E-state index contributed by atoms with van der Waals surface area (Å²) in [5.41, 5.74) is 0. The molecule has 0 bridgehead atoms. The van der Waals surface area contributed by atoms with E-state index in [1.165, 1.54) is 12.8 Å². The molecule has 0 saturated heterocycles. The van der Waals surface area contributed by atoms with Crippen molar-refractivity contribution >= 4 is 0 Å². The molecule has 0 aromatic carbocycles. The Balaban J connectivity index is 2.39. The van der Waals surface area contributed by atoms with E-state index in [4.69, 9.17) is 5.26 Å². The third kappa shape index (κ3) is 2.70. The fraction of sp³-hybridized carbons (Fsp3) is 0.909. The van der Waals surface area contributed by atoms with Crippen molar-refractivity contribution in [3.05, 3.63) is 0 Å². The Kier molecular flexibility index (Phi) is 3.74. The first-order valence-corrected chi connectivity index (χ1v) is 5.28. The molecule has 3 unspecified atom stereocenters. The minimum atomic E-state index is 0.345. The summed E-state index contributed by atoms with van der Waals surface area (Å²) >= 11 is 0. The fourth-order valence-corrected chi connectivity index (χ4v) is 2.30. The lowest BCUT2D eigenvalue weighted by Crippen LogP contribution is -2.41. The van der Waals surface area contributed by atoms with E-state index < -0.39 is 0 Å². The van der Waals surface area contributed by atoms with Gasteiger partial charge in [0.15, 0.2) is 0 Å². The molecule has 0 spiro atoms. The van der Waals surface area contributed by atoms with Crippen molar-refractivity contribution < 1.29 is 0 Å². The van der Waals surface area contributed by atoms with Crippen LogP contribution in [-0.2, 0) is 0 Å². The van der Waals surface area contributed by atoms with Gasteiger partial charge in [0.25, 0.3) is 0 Å². The molecule has 3 atom stereocenters. The average Bonchev–Trinajstić information content (AvgIpc) is 2.36. The molecule has 1 aliphatic rings. The molecule has 2 heteroatoms. The monoisotopic (exact) mass is 180 g/mol. The van der Waals surface area contributed by atoms with Crippen LogP contribution in [0.2, 0.25) is 0 Å². The van der Waals surface area contributed by atoms with Crippen molar-refractivity contribution in [2.24, 2.45) is 11.8 Å². The van der Waals surface area contributed by atoms with E-state index in [2.05, 4.69) is 32.2 Å². The van der Waals surface area contributed by atoms with Crippen molar-refractivity contribution in [3.63, 3.8) is 0 Å². The maximum absolute atomic E-state index is 8.55.